The van der Waals surface area contributed by atoms with Gasteiger partial charge in [-0.05, 0) is 55.5 Å². The molecule has 0 saturated heterocycles. The van der Waals surface area contributed by atoms with E-state index in [-0.39, 0.29) is 24.3 Å². The summed E-state index contributed by atoms with van der Waals surface area (Å²) >= 11 is 0. The number of nitrogens with zero attached hydrogens (tertiary/aromatic N) is 2. The second kappa shape index (κ2) is 7.94. The van der Waals surface area contributed by atoms with Crippen LogP contribution in [0.3, 0.4) is 0 Å². The third kappa shape index (κ3) is 3.82. The Kier molecular flexibility index (Phi) is 5.33. The zero-order valence-corrected chi connectivity index (χ0v) is 17.2. The molecule has 1 heterocycles. The number of carbonyl (C=O) groups is 2. The summed E-state index contributed by atoms with van der Waals surface area (Å²) in [4.78, 5) is 26.0. The Balaban J connectivity index is 1.60. The van der Waals surface area contributed by atoms with E-state index in [1.54, 1.807) is 15.5 Å². The number of carbonyl (C=O) groups excluding carboxylic acids is 1. The third-order valence-electron chi connectivity index (χ3n) is 6.11. The number of rotatable bonds is 5. The number of halogens is 1. The van der Waals surface area contributed by atoms with Gasteiger partial charge in [0.1, 0.15) is 12.4 Å². The van der Waals surface area contributed by atoms with Crippen LogP contribution in [-0.2, 0) is 35.4 Å². The van der Waals surface area contributed by atoms with Crippen molar-refractivity contribution in [3.8, 4) is 0 Å². The van der Waals surface area contributed by atoms with E-state index < -0.39 is 5.97 Å². The van der Waals surface area contributed by atoms with Crippen LogP contribution in [0.15, 0.2) is 42.5 Å². The molecule has 0 radical (unpaired) electrons. The molecular formula is C24H25FN2O3. The Morgan fingerprint density at radius 2 is 1.93 bits per heavy atom. The minimum absolute atomic E-state index is 0.00240. The first-order chi connectivity index (χ1) is 14.3. The molecule has 0 bridgehead atoms. The Morgan fingerprint density at radius 3 is 2.63 bits per heavy atom. The Bertz CT molecular complexity index is 1120. The van der Waals surface area contributed by atoms with Gasteiger partial charge in [0.15, 0.2) is 0 Å². The number of fused-ring (bicyclic) bond motifs is 3. The lowest BCUT2D eigenvalue weighted by Gasteiger charge is -2.32. The fourth-order valence-corrected chi connectivity index (χ4v) is 4.46. The lowest BCUT2D eigenvalue weighted by atomic mass is 9.90. The van der Waals surface area contributed by atoms with Crippen molar-refractivity contribution in [2.24, 2.45) is 0 Å². The summed E-state index contributed by atoms with van der Waals surface area (Å²) in [6, 6.07) is 12.4. The third-order valence-corrected chi connectivity index (χ3v) is 6.11. The topological polar surface area (TPSA) is 62.5 Å². The first-order valence-corrected chi connectivity index (χ1v) is 10.2. The van der Waals surface area contributed by atoms with Crippen LogP contribution < -0.4 is 0 Å². The number of carboxylic acid groups (broad SMARTS) is 1. The fourth-order valence-electron chi connectivity index (χ4n) is 4.46. The van der Waals surface area contributed by atoms with Gasteiger partial charge >= 0.3 is 5.97 Å². The molecule has 3 aromatic rings. The number of aromatic nitrogens is 1. The van der Waals surface area contributed by atoms with Gasteiger partial charge in [0, 0.05) is 29.7 Å². The van der Waals surface area contributed by atoms with Crippen LogP contribution in [0.4, 0.5) is 4.39 Å². The molecule has 1 aliphatic carbocycles. The summed E-state index contributed by atoms with van der Waals surface area (Å²) in [5.41, 5.74) is 4.77. The molecule has 1 amide bonds. The van der Waals surface area contributed by atoms with Gasteiger partial charge in [0.05, 0.1) is 6.42 Å². The number of carboxylic acids is 1. The molecule has 1 atom stereocenters. The average Bonchev–Trinajstić information content (AvgIpc) is 3.01. The van der Waals surface area contributed by atoms with Crippen LogP contribution >= 0.6 is 0 Å². The lowest BCUT2D eigenvalue weighted by molar-refractivity contribution is -0.137. The Labute approximate surface area is 174 Å². The van der Waals surface area contributed by atoms with Gasteiger partial charge in [-0.3, -0.25) is 9.59 Å². The highest BCUT2D eigenvalue weighted by Crippen LogP contribution is 2.34. The number of hydrogen-bond donors (Lipinski definition) is 1. The maximum atomic E-state index is 13.9. The molecule has 1 aromatic heterocycles. The molecule has 156 valence electrons. The molecule has 4 rings (SSSR count). The molecule has 1 N–H and O–H groups in total. The summed E-state index contributed by atoms with van der Waals surface area (Å²) < 4.78 is 15.7. The van der Waals surface area contributed by atoms with Crippen molar-refractivity contribution in [3.05, 3.63) is 70.7 Å². The maximum absolute atomic E-state index is 13.9. The van der Waals surface area contributed by atoms with Crippen molar-refractivity contribution < 1.29 is 19.1 Å². The van der Waals surface area contributed by atoms with Gasteiger partial charge in [0.25, 0.3) is 0 Å². The minimum atomic E-state index is -0.924. The predicted molar refractivity (Wildman–Crippen MR) is 113 cm³/mol. The van der Waals surface area contributed by atoms with Gasteiger partial charge < -0.3 is 14.6 Å². The second-order valence-electron chi connectivity index (χ2n) is 8.13. The maximum Gasteiger partial charge on any atom is 0.323 e. The molecule has 0 spiro atoms. The quantitative estimate of drug-likeness (QED) is 0.700. The van der Waals surface area contributed by atoms with E-state index >= 15 is 0 Å². The molecule has 0 saturated carbocycles. The number of aryl methyl sites for hydroxylation is 1. The van der Waals surface area contributed by atoms with Crippen molar-refractivity contribution in [2.75, 3.05) is 7.05 Å². The second-order valence-corrected chi connectivity index (χ2v) is 8.13. The molecular weight excluding hydrogens is 383 g/mol. The molecule has 2 aromatic carbocycles. The van der Waals surface area contributed by atoms with Gasteiger partial charge in [-0.1, -0.05) is 29.8 Å². The Hall–Kier alpha value is -3.15. The van der Waals surface area contributed by atoms with Crippen LogP contribution in [-0.4, -0.2) is 39.5 Å². The zero-order chi connectivity index (χ0) is 21.4. The summed E-state index contributed by atoms with van der Waals surface area (Å²) in [7, 11) is 1.82. The molecule has 5 nitrogen and oxygen atoms in total. The number of likely N-dealkylation sites (N-methyl/N-ethyl adjacent to an activating group) is 1. The van der Waals surface area contributed by atoms with E-state index in [0.29, 0.717) is 19.3 Å². The first-order valence-electron chi connectivity index (χ1n) is 10.2. The first kappa shape index (κ1) is 20.1. The minimum Gasteiger partial charge on any atom is -0.480 e. The van der Waals surface area contributed by atoms with E-state index in [1.807, 2.05) is 38.2 Å². The zero-order valence-electron chi connectivity index (χ0n) is 17.2. The normalized spacial score (nSPS) is 15.8. The summed E-state index contributed by atoms with van der Waals surface area (Å²) in [5.74, 6) is -1.22. The van der Waals surface area contributed by atoms with Crippen molar-refractivity contribution >= 4 is 22.8 Å². The van der Waals surface area contributed by atoms with Crippen LogP contribution in [0.5, 0.6) is 0 Å². The molecule has 0 aliphatic heterocycles. The molecule has 30 heavy (non-hydrogen) atoms. The van der Waals surface area contributed by atoms with Crippen LogP contribution in [0.25, 0.3) is 10.9 Å². The van der Waals surface area contributed by atoms with E-state index in [2.05, 4.69) is 0 Å². The number of amides is 1. The van der Waals surface area contributed by atoms with E-state index in [9.17, 15) is 19.1 Å². The summed E-state index contributed by atoms with van der Waals surface area (Å²) in [5, 5.41) is 10.1. The standard InChI is InChI=1S/C24H25FN2O3/c1-15-3-5-16(6-4-15)11-23(28)26(2)18-8-10-22-20(13-18)19-12-17(25)7-9-21(19)27(22)14-24(29)30/h3-7,9,12,18H,8,10-11,13-14H2,1-2H3,(H,29,30)/t18-/m0/s1. The lowest BCUT2D eigenvalue weighted by Crippen LogP contribution is -2.41. The molecule has 0 unspecified atom stereocenters. The van der Waals surface area contributed by atoms with Gasteiger partial charge in [-0.25, -0.2) is 4.39 Å². The number of benzene rings is 2. The van der Waals surface area contributed by atoms with Crippen molar-refractivity contribution in [2.45, 2.75) is 45.2 Å². The van der Waals surface area contributed by atoms with Crippen LogP contribution in [0, 0.1) is 12.7 Å². The highest BCUT2D eigenvalue weighted by atomic mass is 19.1. The fraction of sp³-hybridized carbons (Fsp3) is 0.333. The smallest absolute Gasteiger partial charge is 0.323 e. The summed E-state index contributed by atoms with van der Waals surface area (Å²) in [6.45, 7) is 1.87. The van der Waals surface area contributed by atoms with Crippen LogP contribution in [0.1, 0.15) is 28.8 Å². The van der Waals surface area contributed by atoms with Gasteiger partial charge in [-0.2, -0.15) is 0 Å². The van der Waals surface area contributed by atoms with Crippen molar-refractivity contribution in [3.63, 3.8) is 0 Å². The van der Waals surface area contributed by atoms with E-state index in [1.165, 1.54) is 12.1 Å². The monoisotopic (exact) mass is 408 g/mol. The molecule has 0 fully saturated rings. The van der Waals surface area contributed by atoms with Crippen LogP contribution in [0.2, 0.25) is 0 Å². The van der Waals surface area contributed by atoms with E-state index in [0.717, 1.165) is 39.7 Å². The summed E-state index contributed by atoms with van der Waals surface area (Å²) in [6.07, 6.45) is 2.35. The van der Waals surface area contributed by atoms with E-state index in [4.69, 9.17) is 0 Å². The molecule has 6 heteroatoms. The number of hydrogen-bond acceptors (Lipinski definition) is 2. The Morgan fingerprint density at radius 1 is 1.20 bits per heavy atom. The highest BCUT2D eigenvalue weighted by molar-refractivity contribution is 5.87. The SMILES string of the molecule is Cc1ccc(CC(=O)N(C)[C@H]2CCc3c(c4cc(F)ccc4n3CC(=O)O)C2)cc1. The van der Waals surface area contributed by atoms with Gasteiger partial charge in [-0.15, -0.1) is 0 Å². The average molecular weight is 408 g/mol. The molecule has 1 aliphatic rings. The largest absolute Gasteiger partial charge is 0.480 e. The van der Waals surface area contributed by atoms with Crippen molar-refractivity contribution in [1.82, 2.24) is 9.47 Å². The van der Waals surface area contributed by atoms with Gasteiger partial charge in [0.2, 0.25) is 5.91 Å². The predicted octanol–water partition coefficient (Wildman–Crippen LogP) is 3.73. The van der Waals surface area contributed by atoms with Crippen molar-refractivity contribution in [1.29, 1.82) is 0 Å². The number of aliphatic carboxylic acids is 1. The highest BCUT2D eigenvalue weighted by Gasteiger charge is 2.30.